The van der Waals surface area contributed by atoms with E-state index in [-0.39, 0.29) is 30.2 Å². The van der Waals surface area contributed by atoms with Gasteiger partial charge < -0.3 is 14.7 Å². The summed E-state index contributed by atoms with van der Waals surface area (Å²) in [6.45, 7) is 3.11. The van der Waals surface area contributed by atoms with Crippen molar-refractivity contribution in [2.45, 2.75) is 31.7 Å². The van der Waals surface area contributed by atoms with Gasteiger partial charge in [-0.15, -0.1) is 0 Å². The number of aromatic nitrogens is 2. The summed E-state index contributed by atoms with van der Waals surface area (Å²) in [4.78, 5) is 42.5. The van der Waals surface area contributed by atoms with Gasteiger partial charge in [0.1, 0.15) is 6.54 Å². The van der Waals surface area contributed by atoms with E-state index in [0.717, 1.165) is 18.5 Å². The molecule has 25 heavy (non-hydrogen) atoms. The molecular formula is C17H23N5O3. The molecule has 8 nitrogen and oxygen atoms in total. The third kappa shape index (κ3) is 2.69. The number of hydrogen-bond donors (Lipinski definition) is 0. The van der Waals surface area contributed by atoms with Gasteiger partial charge in [0.15, 0.2) is 0 Å². The van der Waals surface area contributed by atoms with E-state index in [1.54, 1.807) is 33.9 Å². The highest BCUT2D eigenvalue weighted by atomic mass is 16.2. The molecule has 2 aliphatic heterocycles. The number of anilines is 1. The van der Waals surface area contributed by atoms with Crippen molar-refractivity contribution < 1.29 is 14.4 Å². The zero-order valence-electron chi connectivity index (χ0n) is 14.6. The number of nitrogens with zero attached hydrogens (tertiary/aromatic N) is 5. The number of carbonyl (C=O) groups excluding carboxylic acids is 3. The van der Waals surface area contributed by atoms with Gasteiger partial charge >= 0.3 is 0 Å². The molecule has 1 spiro atoms. The van der Waals surface area contributed by atoms with Gasteiger partial charge in [-0.25, -0.2) is 0 Å². The number of aryl methyl sites for hydroxylation is 1. The van der Waals surface area contributed by atoms with Crippen molar-refractivity contribution >= 4 is 23.4 Å². The van der Waals surface area contributed by atoms with E-state index in [1.165, 1.54) is 6.92 Å². The number of likely N-dealkylation sites (tertiary alicyclic amines) is 1. The van der Waals surface area contributed by atoms with Crippen molar-refractivity contribution in [3.8, 4) is 0 Å². The third-order valence-corrected chi connectivity index (χ3v) is 5.57. The van der Waals surface area contributed by atoms with Gasteiger partial charge in [0.05, 0.1) is 24.0 Å². The molecule has 0 unspecified atom stereocenters. The average molecular weight is 345 g/mol. The first-order chi connectivity index (χ1) is 11.9. The van der Waals surface area contributed by atoms with E-state index in [1.807, 2.05) is 4.90 Å². The van der Waals surface area contributed by atoms with Crippen LogP contribution in [0.1, 0.15) is 26.2 Å². The standard InChI is InChI=1S/C17H23N5O3/c1-12(23)22-9-15(24)21(14-7-18-19(2)8-14)11-17(22)5-6-20(10-17)16(25)13-3-4-13/h7-8,13H,3-6,9-11H2,1-2H3/t17-/m0/s1. The topological polar surface area (TPSA) is 78.8 Å². The maximum Gasteiger partial charge on any atom is 0.246 e. The molecular weight excluding hydrogens is 322 g/mol. The maximum atomic E-state index is 12.6. The Labute approximate surface area is 146 Å². The minimum Gasteiger partial charge on any atom is -0.340 e. The number of piperazine rings is 1. The first-order valence-electron chi connectivity index (χ1n) is 8.76. The second-order valence-electron chi connectivity index (χ2n) is 7.47. The summed E-state index contributed by atoms with van der Waals surface area (Å²) < 4.78 is 1.66. The van der Waals surface area contributed by atoms with Crippen molar-refractivity contribution in [2.24, 2.45) is 13.0 Å². The van der Waals surface area contributed by atoms with Crippen LogP contribution >= 0.6 is 0 Å². The first kappa shape index (κ1) is 16.1. The van der Waals surface area contributed by atoms with Gasteiger partial charge in [0.2, 0.25) is 17.7 Å². The van der Waals surface area contributed by atoms with Crippen LogP contribution in [-0.4, -0.2) is 69.0 Å². The Morgan fingerprint density at radius 3 is 2.64 bits per heavy atom. The van der Waals surface area contributed by atoms with Crippen molar-refractivity contribution in [3.63, 3.8) is 0 Å². The van der Waals surface area contributed by atoms with E-state index in [4.69, 9.17) is 0 Å². The van der Waals surface area contributed by atoms with Gasteiger partial charge in [0, 0.05) is 39.2 Å². The highest BCUT2D eigenvalue weighted by Crippen LogP contribution is 2.38. The highest BCUT2D eigenvalue weighted by Gasteiger charge is 2.52. The van der Waals surface area contributed by atoms with Crippen LogP contribution < -0.4 is 4.90 Å². The van der Waals surface area contributed by atoms with Gasteiger partial charge in [-0.05, 0) is 19.3 Å². The quantitative estimate of drug-likeness (QED) is 0.756. The second kappa shape index (κ2) is 5.57. The molecule has 0 aromatic carbocycles. The van der Waals surface area contributed by atoms with E-state index in [0.29, 0.717) is 26.1 Å². The molecule has 0 radical (unpaired) electrons. The molecule has 0 N–H and O–H groups in total. The molecule has 3 heterocycles. The predicted molar refractivity (Wildman–Crippen MR) is 89.6 cm³/mol. The second-order valence-corrected chi connectivity index (χ2v) is 7.47. The highest BCUT2D eigenvalue weighted by molar-refractivity contribution is 5.98. The largest absolute Gasteiger partial charge is 0.340 e. The molecule has 1 atom stereocenters. The molecule has 1 aromatic heterocycles. The van der Waals surface area contributed by atoms with Gasteiger partial charge in [-0.2, -0.15) is 5.10 Å². The van der Waals surface area contributed by atoms with Crippen LogP contribution in [0.3, 0.4) is 0 Å². The monoisotopic (exact) mass is 345 g/mol. The lowest BCUT2D eigenvalue weighted by Crippen LogP contribution is -2.67. The molecule has 0 bridgehead atoms. The summed E-state index contributed by atoms with van der Waals surface area (Å²) in [5, 5.41) is 4.15. The zero-order valence-corrected chi connectivity index (χ0v) is 14.6. The Kier molecular flexibility index (Phi) is 3.59. The average Bonchev–Trinajstić information content (AvgIpc) is 3.21. The maximum absolute atomic E-state index is 12.6. The van der Waals surface area contributed by atoms with Gasteiger partial charge in [-0.3, -0.25) is 19.1 Å². The van der Waals surface area contributed by atoms with Crippen molar-refractivity contribution in [1.29, 1.82) is 0 Å². The normalized spacial score (nSPS) is 26.6. The van der Waals surface area contributed by atoms with Crippen molar-refractivity contribution in [1.82, 2.24) is 19.6 Å². The molecule has 3 fully saturated rings. The summed E-state index contributed by atoms with van der Waals surface area (Å²) in [5.74, 6) is 0.145. The van der Waals surface area contributed by atoms with Crippen LogP contribution in [0.2, 0.25) is 0 Å². The van der Waals surface area contributed by atoms with Crippen molar-refractivity contribution in [3.05, 3.63) is 12.4 Å². The molecule has 1 aromatic rings. The zero-order chi connectivity index (χ0) is 17.8. The number of amides is 3. The van der Waals surface area contributed by atoms with E-state index >= 15 is 0 Å². The van der Waals surface area contributed by atoms with Crippen LogP contribution in [0.4, 0.5) is 5.69 Å². The summed E-state index contributed by atoms with van der Waals surface area (Å²) in [5.41, 5.74) is 0.238. The van der Waals surface area contributed by atoms with Gasteiger partial charge in [0.25, 0.3) is 0 Å². The first-order valence-corrected chi connectivity index (χ1v) is 8.76. The summed E-state index contributed by atoms with van der Waals surface area (Å²) in [6.07, 6.45) is 6.11. The minimum absolute atomic E-state index is 0.0513. The molecule has 8 heteroatoms. The summed E-state index contributed by atoms with van der Waals surface area (Å²) >= 11 is 0. The summed E-state index contributed by atoms with van der Waals surface area (Å²) in [6, 6.07) is 0. The fraction of sp³-hybridized carbons (Fsp3) is 0.647. The predicted octanol–water partition coefficient (Wildman–Crippen LogP) is -0.00370. The smallest absolute Gasteiger partial charge is 0.246 e. The Balaban J connectivity index is 1.61. The lowest BCUT2D eigenvalue weighted by atomic mass is 9.92. The third-order valence-electron chi connectivity index (χ3n) is 5.57. The SMILES string of the molecule is CC(=O)N1CC(=O)N(c2cnn(C)c2)C[C@@]12CCN(C(=O)C1CC1)C2. The number of hydrogen-bond acceptors (Lipinski definition) is 4. The fourth-order valence-corrected chi connectivity index (χ4v) is 4.07. The number of rotatable bonds is 2. The Morgan fingerprint density at radius 1 is 1.28 bits per heavy atom. The van der Waals surface area contributed by atoms with Gasteiger partial charge in [-0.1, -0.05) is 0 Å². The van der Waals surface area contributed by atoms with Crippen LogP contribution in [0.5, 0.6) is 0 Å². The van der Waals surface area contributed by atoms with Crippen LogP contribution in [0.25, 0.3) is 0 Å². The Bertz CT molecular complexity index is 740. The van der Waals surface area contributed by atoms with E-state index < -0.39 is 5.54 Å². The molecule has 2 saturated heterocycles. The fourth-order valence-electron chi connectivity index (χ4n) is 4.07. The molecule has 134 valence electrons. The molecule has 3 aliphatic rings. The Hall–Kier alpha value is -2.38. The Morgan fingerprint density at radius 2 is 2.04 bits per heavy atom. The van der Waals surface area contributed by atoms with E-state index in [9.17, 15) is 14.4 Å². The van der Waals surface area contributed by atoms with Crippen molar-refractivity contribution in [2.75, 3.05) is 31.1 Å². The lowest BCUT2D eigenvalue weighted by Gasteiger charge is -2.47. The molecule has 3 amide bonds. The number of carbonyl (C=O) groups is 3. The van der Waals surface area contributed by atoms with Crippen LogP contribution in [-0.2, 0) is 21.4 Å². The van der Waals surface area contributed by atoms with Crippen LogP contribution in [0, 0.1) is 5.92 Å². The minimum atomic E-state index is -0.500. The summed E-state index contributed by atoms with van der Waals surface area (Å²) in [7, 11) is 1.81. The molecule has 4 rings (SSSR count). The molecule has 1 aliphatic carbocycles. The lowest BCUT2D eigenvalue weighted by molar-refractivity contribution is -0.143. The van der Waals surface area contributed by atoms with E-state index in [2.05, 4.69) is 5.10 Å². The van der Waals surface area contributed by atoms with Crippen LogP contribution in [0.15, 0.2) is 12.4 Å². The molecule has 1 saturated carbocycles.